The van der Waals surface area contributed by atoms with Crippen molar-refractivity contribution in [2.24, 2.45) is 0 Å². The number of alkyl halides is 2. The molecular weight excluding hydrogens is 564 g/mol. The molecule has 12 heteroatoms. The number of halogens is 2. The number of amides is 2. The molecular formula is C30H35F2N5O4S. The molecule has 3 aromatic rings. The molecule has 224 valence electrons. The van der Waals surface area contributed by atoms with Gasteiger partial charge in [0.15, 0.2) is 0 Å². The number of piperidine rings is 1. The van der Waals surface area contributed by atoms with Crippen LogP contribution in [-0.4, -0.2) is 57.6 Å². The molecule has 0 unspecified atom stereocenters. The summed E-state index contributed by atoms with van der Waals surface area (Å²) in [5.41, 5.74) is 2.34. The summed E-state index contributed by atoms with van der Waals surface area (Å²) in [7, 11) is 0. The molecule has 2 heterocycles. The number of carboxylic acid groups (broad SMARTS) is 1. The summed E-state index contributed by atoms with van der Waals surface area (Å²) in [6, 6.07) is 19.7. The molecule has 1 fully saturated rings. The molecule has 0 saturated carbocycles. The van der Waals surface area contributed by atoms with E-state index < -0.39 is 11.9 Å². The van der Waals surface area contributed by atoms with Crippen LogP contribution in [0.25, 0.3) is 0 Å². The Morgan fingerprint density at radius 1 is 1.07 bits per heavy atom. The van der Waals surface area contributed by atoms with E-state index >= 15 is 0 Å². The molecule has 1 saturated heterocycles. The van der Waals surface area contributed by atoms with Crippen molar-refractivity contribution in [1.29, 1.82) is 0 Å². The largest absolute Gasteiger partial charge is 0.477 e. The van der Waals surface area contributed by atoms with Crippen LogP contribution in [0.5, 0.6) is 0 Å². The van der Waals surface area contributed by atoms with Gasteiger partial charge in [-0.1, -0.05) is 84.5 Å². The number of carboxylic acids is 1. The summed E-state index contributed by atoms with van der Waals surface area (Å²) >= 11 is 1.36. The van der Waals surface area contributed by atoms with Crippen LogP contribution in [0.3, 0.4) is 0 Å². The minimum absolute atomic E-state index is 0.0116. The molecule has 1 aromatic heterocycles. The summed E-state index contributed by atoms with van der Waals surface area (Å²) in [4.78, 5) is 34.6. The minimum Gasteiger partial charge on any atom is -0.477 e. The Labute approximate surface area is 247 Å². The number of benzene rings is 2. The Hall–Kier alpha value is -4.03. The van der Waals surface area contributed by atoms with Crippen molar-refractivity contribution in [2.75, 3.05) is 11.9 Å². The average molecular weight is 600 g/mol. The fourth-order valence-electron chi connectivity index (χ4n) is 4.04. The molecule has 0 radical (unpaired) electrons. The third-order valence-corrected chi connectivity index (χ3v) is 7.13. The first kappa shape index (κ1) is 32.5. The van der Waals surface area contributed by atoms with Crippen LogP contribution in [0.4, 0.5) is 13.9 Å². The summed E-state index contributed by atoms with van der Waals surface area (Å²) in [5, 5.41) is 26.3. The van der Waals surface area contributed by atoms with Gasteiger partial charge in [-0.05, 0) is 43.4 Å². The zero-order valence-electron chi connectivity index (χ0n) is 23.3. The van der Waals surface area contributed by atoms with Crippen molar-refractivity contribution in [2.45, 2.75) is 63.5 Å². The maximum absolute atomic E-state index is 12.8. The first-order valence-corrected chi connectivity index (χ1v) is 14.5. The minimum atomic E-state index is -3.58. The number of hydrogen-bond donors (Lipinski definition) is 4. The van der Waals surface area contributed by atoms with Crippen LogP contribution in [0.2, 0.25) is 0 Å². The third kappa shape index (κ3) is 11.8. The van der Waals surface area contributed by atoms with E-state index in [-0.39, 0.29) is 23.9 Å². The Morgan fingerprint density at radius 2 is 1.71 bits per heavy atom. The van der Waals surface area contributed by atoms with Gasteiger partial charge in [0.05, 0.1) is 6.04 Å². The lowest BCUT2D eigenvalue weighted by atomic mass is 10.0. The van der Waals surface area contributed by atoms with Crippen molar-refractivity contribution in [3.63, 3.8) is 0 Å². The van der Waals surface area contributed by atoms with E-state index in [1.54, 1.807) is 6.08 Å². The van der Waals surface area contributed by atoms with Crippen LogP contribution < -0.4 is 16.0 Å². The number of aromatic nitrogens is 2. The first-order chi connectivity index (χ1) is 20.1. The molecule has 0 aliphatic carbocycles. The van der Waals surface area contributed by atoms with Gasteiger partial charge in [0.1, 0.15) is 5.01 Å². The Bertz CT molecular complexity index is 1310. The van der Waals surface area contributed by atoms with Crippen molar-refractivity contribution >= 4 is 34.3 Å². The van der Waals surface area contributed by atoms with Gasteiger partial charge in [-0.2, -0.15) is 8.78 Å². The van der Waals surface area contributed by atoms with Crippen molar-refractivity contribution in [1.82, 2.24) is 20.8 Å². The Balaban J connectivity index is 0.000000616. The number of hydrogen-bond acceptors (Lipinski definition) is 7. The van der Waals surface area contributed by atoms with Gasteiger partial charge in [-0.3, -0.25) is 14.9 Å². The van der Waals surface area contributed by atoms with Gasteiger partial charge < -0.3 is 15.7 Å². The zero-order valence-corrected chi connectivity index (χ0v) is 24.1. The predicted molar refractivity (Wildman–Crippen MR) is 158 cm³/mol. The summed E-state index contributed by atoms with van der Waals surface area (Å²) in [5.74, 6) is -5.97. The third-order valence-electron chi connectivity index (χ3n) is 6.29. The number of anilines is 1. The SMILES string of the molecule is CC(F)(F)C(=O)O.O=C(/C=C/[C@H](CCc1ccccc1)NC(=O)[C@@H]1CCCCN1)Nc1nnc(Cc2ccccc2)s1. The van der Waals surface area contributed by atoms with Gasteiger partial charge in [0.2, 0.25) is 16.9 Å². The molecule has 0 bridgehead atoms. The molecule has 1 aliphatic rings. The average Bonchev–Trinajstić information content (AvgIpc) is 3.42. The van der Waals surface area contributed by atoms with Gasteiger partial charge >= 0.3 is 11.9 Å². The van der Waals surface area contributed by atoms with E-state index in [2.05, 4.69) is 38.3 Å². The number of carbonyl (C=O) groups is 3. The second-order valence-corrected chi connectivity index (χ2v) is 10.9. The standard InChI is InChI=1S/C27H31N5O2S.C3H4F2O2/c33-24(30-27-32-31-25(35-27)19-21-11-5-2-6-12-21)17-16-22(15-14-20-9-3-1-4-10-20)29-26(34)23-13-7-8-18-28-23;1-3(4,5)2(6)7/h1-6,9-12,16-17,22-23,28H,7-8,13-15,18-19H2,(H,29,34)(H,30,32,33);1H3,(H,6,7)/b17-16+;/t22-,23-;/m0./s1. The number of aliphatic carboxylic acids is 1. The quantitative estimate of drug-likeness (QED) is 0.237. The Morgan fingerprint density at radius 3 is 2.31 bits per heavy atom. The van der Waals surface area contributed by atoms with E-state index in [0.717, 1.165) is 42.8 Å². The second-order valence-electron chi connectivity index (χ2n) is 9.85. The fraction of sp³-hybridized carbons (Fsp3) is 0.367. The van der Waals surface area contributed by atoms with Gasteiger partial charge in [-0.15, -0.1) is 10.2 Å². The molecule has 4 N–H and O–H groups in total. The maximum atomic E-state index is 12.8. The van der Waals surface area contributed by atoms with E-state index in [1.807, 2.05) is 48.5 Å². The highest BCUT2D eigenvalue weighted by molar-refractivity contribution is 7.15. The van der Waals surface area contributed by atoms with Crippen molar-refractivity contribution in [3.8, 4) is 0 Å². The van der Waals surface area contributed by atoms with Gasteiger partial charge in [0, 0.05) is 25.5 Å². The van der Waals surface area contributed by atoms with Crippen LogP contribution >= 0.6 is 11.3 Å². The lowest BCUT2D eigenvalue weighted by molar-refractivity contribution is -0.161. The van der Waals surface area contributed by atoms with Crippen LogP contribution in [0.1, 0.15) is 48.7 Å². The number of aryl methyl sites for hydroxylation is 1. The Kier molecular flexibility index (Phi) is 12.7. The highest BCUT2D eigenvalue weighted by Gasteiger charge is 2.31. The molecule has 1 aliphatic heterocycles. The highest BCUT2D eigenvalue weighted by Crippen LogP contribution is 2.18. The number of nitrogens with one attached hydrogen (secondary N) is 3. The van der Waals surface area contributed by atoms with E-state index in [4.69, 9.17) is 5.11 Å². The smallest absolute Gasteiger partial charge is 0.374 e. The predicted octanol–water partition coefficient (Wildman–Crippen LogP) is 4.61. The molecule has 0 spiro atoms. The topological polar surface area (TPSA) is 133 Å². The summed E-state index contributed by atoms with van der Waals surface area (Å²) in [6.07, 6.45) is 8.40. The number of rotatable bonds is 11. The number of carbonyl (C=O) groups excluding carboxylic acids is 2. The van der Waals surface area contributed by atoms with Crippen molar-refractivity contribution < 1.29 is 28.3 Å². The van der Waals surface area contributed by atoms with Crippen LogP contribution in [-0.2, 0) is 27.2 Å². The van der Waals surface area contributed by atoms with Gasteiger partial charge in [0.25, 0.3) is 0 Å². The maximum Gasteiger partial charge on any atom is 0.374 e. The molecule has 4 rings (SSSR count). The zero-order chi connectivity index (χ0) is 30.4. The highest BCUT2D eigenvalue weighted by atomic mass is 32.1. The van der Waals surface area contributed by atoms with E-state index in [0.29, 0.717) is 24.9 Å². The molecule has 9 nitrogen and oxygen atoms in total. The summed E-state index contributed by atoms with van der Waals surface area (Å²) in [6.45, 7) is 1.19. The molecule has 2 atom stereocenters. The van der Waals surface area contributed by atoms with Crippen LogP contribution in [0.15, 0.2) is 72.8 Å². The van der Waals surface area contributed by atoms with Crippen molar-refractivity contribution in [3.05, 3.63) is 89.0 Å². The van der Waals surface area contributed by atoms with Gasteiger partial charge in [-0.25, -0.2) is 4.79 Å². The lowest BCUT2D eigenvalue weighted by Crippen LogP contribution is -2.49. The first-order valence-electron chi connectivity index (χ1n) is 13.6. The second kappa shape index (κ2) is 16.4. The lowest BCUT2D eigenvalue weighted by Gasteiger charge is -2.25. The van der Waals surface area contributed by atoms with E-state index in [1.165, 1.54) is 23.0 Å². The normalized spacial score (nSPS) is 15.7. The molecule has 2 amide bonds. The monoisotopic (exact) mass is 599 g/mol. The molecule has 2 aromatic carbocycles. The fourth-order valence-corrected chi connectivity index (χ4v) is 4.82. The molecule has 42 heavy (non-hydrogen) atoms. The van der Waals surface area contributed by atoms with E-state index in [9.17, 15) is 23.2 Å². The van der Waals surface area contributed by atoms with Crippen LogP contribution in [0, 0.1) is 0 Å². The number of nitrogens with zero attached hydrogens (tertiary/aromatic N) is 2. The summed E-state index contributed by atoms with van der Waals surface area (Å²) < 4.78 is 22.5.